The highest BCUT2D eigenvalue weighted by Gasteiger charge is 2.25. The van der Waals surface area contributed by atoms with Crippen LogP contribution >= 0.6 is 0 Å². The molecule has 25 heavy (non-hydrogen) atoms. The van der Waals surface area contributed by atoms with Crippen LogP contribution in [0.2, 0.25) is 0 Å². The van der Waals surface area contributed by atoms with Crippen molar-refractivity contribution in [3.63, 3.8) is 0 Å². The molecule has 1 aliphatic rings. The first-order valence-electron chi connectivity index (χ1n) is 8.37. The minimum atomic E-state index is -3.21. The maximum Gasteiger partial charge on any atom is 0.258 e. The molecule has 3 rings (SSSR count). The van der Waals surface area contributed by atoms with E-state index in [-0.39, 0.29) is 18.2 Å². The highest BCUT2D eigenvalue weighted by molar-refractivity contribution is 7.89. The smallest absolute Gasteiger partial charge is 0.258 e. The van der Waals surface area contributed by atoms with E-state index in [0.717, 1.165) is 28.8 Å². The summed E-state index contributed by atoms with van der Waals surface area (Å²) in [6.07, 6.45) is 0.779. The molecule has 0 saturated carbocycles. The summed E-state index contributed by atoms with van der Waals surface area (Å²) < 4.78 is 25.7. The van der Waals surface area contributed by atoms with Crippen LogP contribution < -0.4 is 9.62 Å². The Morgan fingerprint density at radius 2 is 2.00 bits per heavy atom. The van der Waals surface area contributed by atoms with Gasteiger partial charge in [-0.15, -0.1) is 0 Å². The molecule has 0 saturated heterocycles. The van der Waals surface area contributed by atoms with Gasteiger partial charge >= 0.3 is 0 Å². The second kappa shape index (κ2) is 6.98. The van der Waals surface area contributed by atoms with Crippen molar-refractivity contribution in [2.24, 2.45) is 0 Å². The number of carbonyl (C=O) groups excluding carboxylic acids is 1. The van der Waals surface area contributed by atoms with Gasteiger partial charge in [-0.3, -0.25) is 4.79 Å². The summed E-state index contributed by atoms with van der Waals surface area (Å²) in [6.45, 7) is 4.50. The number of hydrogen-bond donors (Lipinski definition) is 1. The van der Waals surface area contributed by atoms with Crippen LogP contribution in [-0.4, -0.2) is 26.6 Å². The third kappa shape index (κ3) is 3.91. The quantitative estimate of drug-likeness (QED) is 0.893. The third-order valence-corrected chi connectivity index (χ3v) is 5.77. The number of rotatable bonds is 5. The maximum absolute atomic E-state index is 12.8. The molecule has 1 aliphatic heterocycles. The summed E-state index contributed by atoms with van der Waals surface area (Å²) >= 11 is 0. The number of hydrogen-bond acceptors (Lipinski definition) is 3. The highest BCUT2D eigenvalue weighted by atomic mass is 32.2. The number of benzene rings is 2. The average Bonchev–Trinajstić information content (AvgIpc) is 3.02. The van der Waals surface area contributed by atoms with E-state index < -0.39 is 10.0 Å². The summed E-state index contributed by atoms with van der Waals surface area (Å²) in [4.78, 5) is 14.6. The lowest BCUT2D eigenvalue weighted by atomic mass is 10.1. The molecule has 0 spiro atoms. The molecule has 0 atom stereocenters. The van der Waals surface area contributed by atoms with Crippen molar-refractivity contribution in [2.75, 3.05) is 17.2 Å². The summed E-state index contributed by atoms with van der Waals surface area (Å²) in [6, 6.07) is 13.4. The van der Waals surface area contributed by atoms with E-state index in [2.05, 4.69) is 4.72 Å². The number of nitrogens with zero attached hydrogens (tertiary/aromatic N) is 1. The Morgan fingerprint density at radius 1 is 1.20 bits per heavy atom. The molecule has 1 amide bonds. The van der Waals surface area contributed by atoms with Gasteiger partial charge in [-0.1, -0.05) is 29.8 Å². The van der Waals surface area contributed by atoms with E-state index in [1.54, 1.807) is 11.8 Å². The van der Waals surface area contributed by atoms with E-state index >= 15 is 0 Å². The van der Waals surface area contributed by atoms with Gasteiger partial charge in [0.05, 0.1) is 5.75 Å². The zero-order chi connectivity index (χ0) is 18.0. The second-order valence-corrected chi connectivity index (χ2v) is 8.36. The molecule has 0 aromatic heterocycles. The summed E-state index contributed by atoms with van der Waals surface area (Å²) in [5.41, 5.74) is 4.64. The average molecular weight is 358 g/mol. The van der Waals surface area contributed by atoms with Gasteiger partial charge in [0, 0.05) is 24.3 Å². The lowest BCUT2D eigenvalue weighted by molar-refractivity contribution is 0.0989. The maximum atomic E-state index is 12.8. The zero-order valence-corrected chi connectivity index (χ0v) is 15.3. The van der Waals surface area contributed by atoms with Crippen LogP contribution in [0.15, 0.2) is 42.5 Å². The van der Waals surface area contributed by atoms with Crippen molar-refractivity contribution >= 4 is 21.6 Å². The minimum absolute atomic E-state index is 0.00175. The molecule has 1 N–H and O–H groups in total. The van der Waals surface area contributed by atoms with E-state index in [1.165, 1.54) is 0 Å². The molecule has 0 radical (unpaired) electrons. The second-order valence-electron chi connectivity index (χ2n) is 6.26. The van der Waals surface area contributed by atoms with E-state index in [0.29, 0.717) is 12.1 Å². The van der Waals surface area contributed by atoms with Gasteiger partial charge in [0.15, 0.2) is 0 Å². The van der Waals surface area contributed by atoms with Crippen molar-refractivity contribution in [3.8, 4) is 0 Å². The molecule has 132 valence electrons. The number of anilines is 1. The molecule has 1 heterocycles. The number of sulfonamides is 1. The largest absolute Gasteiger partial charge is 0.308 e. The predicted octanol–water partition coefficient (Wildman–Crippen LogP) is 2.64. The van der Waals surface area contributed by atoms with Gasteiger partial charge in [-0.2, -0.15) is 0 Å². The van der Waals surface area contributed by atoms with Crippen LogP contribution in [0.3, 0.4) is 0 Å². The number of nitrogens with one attached hydrogen (secondary N) is 1. The molecular formula is C19H22N2O3S. The Balaban J connectivity index is 1.78. The third-order valence-electron chi connectivity index (χ3n) is 4.43. The SMILES string of the molecule is CCS(=O)(=O)NCc1ccc2c(c1)CCN2C(=O)c1cccc(C)c1. The monoisotopic (exact) mass is 358 g/mol. The molecule has 5 nitrogen and oxygen atoms in total. The van der Waals surface area contributed by atoms with E-state index in [4.69, 9.17) is 0 Å². The first-order chi connectivity index (χ1) is 11.9. The van der Waals surface area contributed by atoms with Crippen molar-refractivity contribution in [2.45, 2.75) is 26.8 Å². The number of fused-ring (bicyclic) bond motifs is 1. The first kappa shape index (κ1) is 17.6. The number of carbonyl (C=O) groups is 1. The number of amides is 1. The van der Waals surface area contributed by atoms with Crippen LogP contribution in [0.25, 0.3) is 0 Å². The van der Waals surface area contributed by atoms with Crippen molar-refractivity contribution in [3.05, 3.63) is 64.7 Å². The molecule has 2 aromatic carbocycles. The van der Waals surface area contributed by atoms with Crippen LogP contribution in [0.5, 0.6) is 0 Å². The van der Waals surface area contributed by atoms with Crippen molar-refractivity contribution < 1.29 is 13.2 Å². The predicted molar refractivity (Wildman–Crippen MR) is 99.3 cm³/mol. The molecule has 6 heteroatoms. The van der Waals surface area contributed by atoms with Gasteiger partial charge in [-0.25, -0.2) is 13.1 Å². The minimum Gasteiger partial charge on any atom is -0.308 e. The van der Waals surface area contributed by atoms with Crippen molar-refractivity contribution in [1.82, 2.24) is 4.72 Å². The van der Waals surface area contributed by atoms with Gasteiger partial charge in [0.2, 0.25) is 10.0 Å². The molecule has 0 bridgehead atoms. The van der Waals surface area contributed by atoms with Crippen LogP contribution in [-0.2, 0) is 23.0 Å². The summed E-state index contributed by atoms with van der Waals surface area (Å²) in [7, 11) is -3.21. The Morgan fingerprint density at radius 3 is 2.72 bits per heavy atom. The van der Waals surface area contributed by atoms with E-state index in [1.807, 2.05) is 49.4 Å². The van der Waals surface area contributed by atoms with Crippen LogP contribution in [0.4, 0.5) is 5.69 Å². The Bertz CT molecular complexity index is 907. The molecule has 0 aliphatic carbocycles. The fourth-order valence-corrected chi connectivity index (χ4v) is 3.60. The standard InChI is InChI=1S/C19H22N2O3S/c1-3-25(23,24)20-13-15-7-8-18-16(12-15)9-10-21(18)19(22)17-6-4-5-14(2)11-17/h4-8,11-12,20H,3,9-10,13H2,1-2H3. The van der Waals surface area contributed by atoms with Gasteiger partial charge in [0.25, 0.3) is 5.91 Å². The fraction of sp³-hybridized carbons (Fsp3) is 0.316. The van der Waals surface area contributed by atoms with Crippen molar-refractivity contribution in [1.29, 1.82) is 0 Å². The van der Waals surface area contributed by atoms with Crippen LogP contribution in [0.1, 0.15) is 34.0 Å². The summed E-state index contributed by atoms with van der Waals surface area (Å²) in [5, 5.41) is 0. The normalized spacial score (nSPS) is 13.8. The topological polar surface area (TPSA) is 66.5 Å². The van der Waals surface area contributed by atoms with Gasteiger partial charge in [0.1, 0.15) is 0 Å². The van der Waals surface area contributed by atoms with Gasteiger partial charge < -0.3 is 4.90 Å². The lowest BCUT2D eigenvalue weighted by Gasteiger charge is -2.18. The first-order valence-corrected chi connectivity index (χ1v) is 10.0. The van der Waals surface area contributed by atoms with Gasteiger partial charge in [-0.05, 0) is 49.6 Å². The zero-order valence-electron chi connectivity index (χ0n) is 14.5. The Hall–Kier alpha value is -2.18. The fourth-order valence-electron chi connectivity index (χ4n) is 3.01. The van der Waals surface area contributed by atoms with Crippen LogP contribution in [0, 0.1) is 6.92 Å². The molecule has 0 fully saturated rings. The highest BCUT2D eigenvalue weighted by Crippen LogP contribution is 2.30. The summed E-state index contributed by atoms with van der Waals surface area (Å²) in [5.74, 6) is 0.0679. The molecule has 0 unspecified atom stereocenters. The Labute approximate surface area is 148 Å². The lowest BCUT2D eigenvalue weighted by Crippen LogP contribution is -2.28. The molecular weight excluding hydrogens is 336 g/mol. The Kier molecular flexibility index (Phi) is 4.92. The number of aryl methyl sites for hydroxylation is 1. The molecule has 2 aromatic rings. The van der Waals surface area contributed by atoms with E-state index in [9.17, 15) is 13.2 Å².